The molecule has 0 aliphatic rings. The minimum atomic E-state index is -0.114. The number of amides is 1. The van der Waals surface area contributed by atoms with Gasteiger partial charge in [0.05, 0.1) is 12.3 Å². The second-order valence-electron chi connectivity index (χ2n) is 4.22. The predicted octanol–water partition coefficient (Wildman–Crippen LogP) is 1.25. The summed E-state index contributed by atoms with van der Waals surface area (Å²) < 4.78 is 0. The zero-order valence-electron chi connectivity index (χ0n) is 10.4. The Morgan fingerprint density at radius 1 is 1.50 bits per heavy atom. The molecule has 92 valence electrons. The van der Waals surface area contributed by atoms with Crippen LogP contribution in [0.5, 0.6) is 0 Å². The Bertz CT molecular complexity index is 246. The molecule has 0 saturated carbocycles. The first-order chi connectivity index (χ1) is 7.52. The van der Waals surface area contributed by atoms with Crippen molar-refractivity contribution in [2.24, 2.45) is 0 Å². The van der Waals surface area contributed by atoms with E-state index in [4.69, 9.17) is 6.42 Å². The molecule has 2 N–H and O–H groups in total. The minimum absolute atomic E-state index is 0.0498. The van der Waals surface area contributed by atoms with Gasteiger partial charge in [0.25, 0.3) is 0 Å². The Hall–Kier alpha value is -0.660. The van der Waals surface area contributed by atoms with Crippen molar-refractivity contribution < 1.29 is 4.79 Å². The summed E-state index contributed by atoms with van der Waals surface area (Å²) in [6.07, 6.45) is 6.05. The van der Waals surface area contributed by atoms with E-state index in [0.29, 0.717) is 6.54 Å². The van der Waals surface area contributed by atoms with E-state index >= 15 is 0 Å². The highest BCUT2D eigenvalue weighted by atomic mass is 32.2. The monoisotopic (exact) mass is 242 g/mol. The maximum Gasteiger partial charge on any atom is 0.234 e. The van der Waals surface area contributed by atoms with E-state index in [0.717, 1.165) is 24.5 Å². The van der Waals surface area contributed by atoms with Gasteiger partial charge in [0, 0.05) is 17.8 Å². The maximum atomic E-state index is 11.5. The third kappa shape index (κ3) is 8.63. The SMILES string of the molecule is C#CCSCCNCC(=O)NC(C)(C)CC. The fourth-order valence-electron chi connectivity index (χ4n) is 0.987. The number of terminal acetylenes is 1. The molecule has 0 aromatic rings. The summed E-state index contributed by atoms with van der Waals surface area (Å²) in [5.41, 5.74) is -0.114. The molecule has 0 aromatic carbocycles. The molecule has 0 spiro atoms. The van der Waals surface area contributed by atoms with Gasteiger partial charge in [-0.2, -0.15) is 0 Å². The third-order valence-electron chi connectivity index (χ3n) is 2.26. The summed E-state index contributed by atoms with van der Waals surface area (Å²) in [6.45, 7) is 7.29. The van der Waals surface area contributed by atoms with Crippen molar-refractivity contribution in [2.75, 3.05) is 24.6 Å². The number of carbonyl (C=O) groups excluding carboxylic acids is 1. The summed E-state index contributed by atoms with van der Waals surface area (Å²) in [6, 6.07) is 0. The zero-order chi connectivity index (χ0) is 12.4. The first kappa shape index (κ1) is 15.3. The van der Waals surface area contributed by atoms with Gasteiger partial charge in [0.2, 0.25) is 5.91 Å². The van der Waals surface area contributed by atoms with Crippen molar-refractivity contribution in [1.82, 2.24) is 10.6 Å². The predicted molar refractivity (Wildman–Crippen MR) is 71.5 cm³/mol. The van der Waals surface area contributed by atoms with Crippen molar-refractivity contribution in [3.63, 3.8) is 0 Å². The van der Waals surface area contributed by atoms with Gasteiger partial charge in [-0.25, -0.2) is 0 Å². The molecule has 0 unspecified atom stereocenters. The van der Waals surface area contributed by atoms with E-state index in [1.54, 1.807) is 11.8 Å². The molecule has 0 aliphatic carbocycles. The maximum absolute atomic E-state index is 11.5. The topological polar surface area (TPSA) is 41.1 Å². The van der Waals surface area contributed by atoms with Gasteiger partial charge in [-0.1, -0.05) is 12.8 Å². The number of hydrogen-bond acceptors (Lipinski definition) is 3. The van der Waals surface area contributed by atoms with Crippen molar-refractivity contribution in [3.05, 3.63) is 0 Å². The van der Waals surface area contributed by atoms with Crippen LogP contribution in [0.25, 0.3) is 0 Å². The van der Waals surface area contributed by atoms with E-state index in [1.165, 1.54) is 0 Å². The highest BCUT2D eigenvalue weighted by molar-refractivity contribution is 7.99. The molecule has 0 heterocycles. The van der Waals surface area contributed by atoms with E-state index in [-0.39, 0.29) is 11.4 Å². The second kappa shape index (κ2) is 8.49. The van der Waals surface area contributed by atoms with Crippen molar-refractivity contribution >= 4 is 17.7 Å². The van der Waals surface area contributed by atoms with Crippen LogP contribution < -0.4 is 10.6 Å². The molecule has 0 bridgehead atoms. The van der Waals surface area contributed by atoms with Gasteiger partial charge >= 0.3 is 0 Å². The number of rotatable bonds is 8. The average molecular weight is 242 g/mol. The summed E-state index contributed by atoms with van der Waals surface area (Å²) in [5, 5.41) is 6.06. The van der Waals surface area contributed by atoms with Gasteiger partial charge in [0.1, 0.15) is 0 Å². The van der Waals surface area contributed by atoms with Crippen LogP contribution >= 0.6 is 11.8 Å². The lowest BCUT2D eigenvalue weighted by molar-refractivity contribution is -0.121. The molecular formula is C12H22N2OS. The summed E-state index contributed by atoms with van der Waals surface area (Å²) in [7, 11) is 0. The molecule has 16 heavy (non-hydrogen) atoms. The van der Waals surface area contributed by atoms with Crippen LogP contribution in [-0.4, -0.2) is 36.0 Å². The quantitative estimate of drug-likeness (QED) is 0.497. The van der Waals surface area contributed by atoms with Crippen LogP contribution in [0.3, 0.4) is 0 Å². The zero-order valence-corrected chi connectivity index (χ0v) is 11.2. The molecule has 1 amide bonds. The number of hydrogen-bond donors (Lipinski definition) is 2. The molecule has 0 rings (SSSR count). The average Bonchev–Trinajstić information content (AvgIpc) is 2.22. The molecule has 0 saturated heterocycles. The van der Waals surface area contributed by atoms with Crippen LogP contribution in [0.15, 0.2) is 0 Å². The standard InChI is InChI=1S/C12H22N2OS/c1-5-8-16-9-7-13-10-11(15)14-12(3,4)6-2/h1,13H,6-10H2,2-4H3,(H,14,15). The van der Waals surface area contributed by atoms with Gasteiger partial charge in [-0.05, 0) is 20.3 Å². The van der Waals surface area contributed by atoms with Crippen LogP contribution in [-0.2, 0) is 4.79 Å². The third-order valence-corrected chi connectivity index (χ3v) is 3.12. The second-order valence-corrected chi connectivity index (χ2v) is 5.32. The summed E-state index contributed by atoms with van der Waals surface area (Å²) in [5.74, 6) is 4.28. The van der Waals surface area contributed by atoms with E-state index in [9.17, 15) is 4.79 Å². The largest absolute Gasteiger partial charge is 0.350 e. The molecule has 0 fully saturated rings. The molecule has 3 nitrogen and oxygen atoms in total. The Morgan fingerprint density at radius 2 is 2.19 bits per heavy atom. The Labute approximate surface area is 103 Å². The molecule has 0 atom stereocenters. The number of carbonyl (C=O) groups is 1. The fraction of sp³-hybridized carbons (Fsp3) is 0.750. The lowest BCUT2D eigenvalue weighted by atomic mass is 10.0. The number of nitrogens with one attached hydrogen (secondary N) is 2. The van der Waals surface area contributed by atoms with Crippen molar-refractivity contribution in [3.8, 4) is 12.3 Å². The molecule has 4 heteroatoms. The Balaban J connectivity index is 3.49. The van der Waals surface area contributed by atoms with Crippen LogP contribution in [0, 0.1) is 12.3 Å². The Kier molecular flexibility index (Phi) is 8.14. The van der Waals surface area contributed by atoms with E-state index in [1.807, 2.05) is 13.8 Å². The molecule has 0 aliphatic heterocycles. The minimum Gasteiger partial charge on any atom is -0.350 e. The summed E-state index contributed by atoms with van der Waals surface area (Å²) in [4.78, 5) is 11.5. The van der Waals surface area contributed by atoms with Crippen molar-refractivity contribution in [1.29, 1.82) is 0 Å². The highest BCUT2D eigenvalue weighted by Gasteiger charge is 2.16. The van der Waals surface area contributed by atoms with Gasteiger partial charge in [-0.15, -0.1) is 18.2 Å². The van der Waals surface area contributed by atoms with Gasteiger partial charge in [0.15, 0.2) is 0 Å². The lowest BCUT2D eigenvalue weighted by Crippen LogP contribution is -2.46. The van der Waals surface area contributed by atoms with E-state index in [2.05, 4.69) is 23.5 Å². The molecular weight excluding hydrogens is 220 g/mol. The van der Waals surface area contributed by atoms with Crippen LogP contribution in [0.4, 0.5) is 0 Å². The van der Waals surface area contributed by atoms with Crippen LogP contribution in [0.2, 0.25) is 0 Å². The van der Waals surface area contributed by atoms with Gasteiger partial charge in [-0.3, -0.25) is 4.79 Å². The summed E-state index contributed by atoms with van der Waals surface area (Å²) >= 11 is 1.69. The fourth-order valence-corrected chi connectivity index (χ4v) is 1.54. The molecule has 0 radical (unpaired) electrons. The van der Waals surface area contributed by atoms with Gasteiger partial charge < -0.3 is 10.6 Å². The first-order valence-electron chi connectivity index (χ1n) is 5.55. The van der Waals surface area contributed by atoms with E-state index < -0.39 is 0 Å². The van der Waals surface area contributed by atoms with Crippen molar-refractivity contribution in [2.45, 2.75) is 32.7 Å². The highest BCUT2D eigenvalue weighted by Crippen LogP contribution is 2.05. The smallest absolute Gasteiger partial charge is 0.234 e. The first-order valence-corrected chi connectivity index (χ1v) is 6.70. The van der Waals surface area contributed by atoms with Crippen LogP contribution in [0.1, 0.15) is 27.2 Å². The lowest BCUT2D eigenvalue weighted by Gasteiger charge is -2.24. The molecule has 0 aromatic heterocycles. The number of thioether (sulfide) groups is 1. The normalized spacial score (nSPS) is 10.9. The Morgan fingerprint density at radius 3 is 2.75 bits per heavy atom.